The van der Waals surface area contributed by atoms with E-state index in [1.165, 1.54) is 0 Å². The molecule has 4 atom stereocenters. The summed E-state index contributed by atoms with van der Waals surface area (Å²) in [7, 11) is 0. The number of unbranched alkanes of at least 4 members (excludes halogenated alkanes) is 1. The minimum atomic E-state index is -0.594. The SMILES string of the molecule is Nc1ccccc1NC(=O)CCCCC(=O)Nc1ccc(C2OC(CN3CCCC3CO)CC(c3ccc(CO)cc3)O2)cc1. The molecule has 3 aromatic carbocycles. The summed E-state index contributed by atoms with van der Waals surface area (Å²) in [5, 5.41) is 25.0. The van der Waals surface area contributed by atoms with Crippen molar-refractivity contribution in [1.29, 1.82) is 0 Å². The van der Waals surface area contributed by atoms with Crippen LogP contribution in [0.3, 0.4) is 0 Å². The molecule has 2 amide bonds. The van der Waals surface area contributed by atoms with Gasteiger partial charge < -0.3 is 36.1 Å². The Kier molecular flexibility index (Phi) is 11.6. The highest BCUT2D eigenvalue weighted by Crippen LogP contribution is 2.39. The summed E-state index contributed by atoms with van der Waals surface area (Å²) in [6, 6.07) is 22.6. The molecule has 240 valence electrons. The van der Waals surface area contributed by atoms with Crippen molar-refractivity contribution in [1.82, 2.24) is 4.90 Å². The highest BCUT2D eigenvalue weighted by atomic mass is 16.7. The van der Waals surface area contributed by atoms with Crippen LogP contribution in [0.4, 0.5) is 17.1 Å². The number of nitrogen functional groups attached to an aromatic ring is 1. The zero-order valence-corrected chi connectivity index (χ0v) is 25.6. The molecule has 2 heterocycles. The average Bonchev–Trinajstić information content (AvgIpc) is 3.51. The molecule has 2 aliphatic heterocycles. The van der Waals surface area contributed by atoms with E-state index in [0.29, 0.717) is 55.7 Å². The second kappa shape index (κ2) is 16.0. The number of carbonyl (C=O) groups is 2. The van der Waals surface area contributed by atoms with Crippen molar-refractivity contribution in [3.8, 4) is 0 Å². The number of likely N-dealkylation sites (tertiary alicyclic amines) is 1. The van der Waals surface area contributed by atoms with Gasteiger partial charge in [0.1, 0.15) is 0 Å². The molecule has 2 aliphatic rings. The number of nitrogens with two attached hydrogens (primary N) is 1. The molecular weight excluding hydrogens is 572 g/mol. The number of nitrogens with zero attached hydrogens (tertiary/aromatic N) is 1. The Balaban J connectivity index is 1.14. The van der Waals surface area contributed by atoms with Crippen LogP contribution in [0.2, 0.25) is 0 Å². The summed E-state index contributed by atoms with van der Waals surface area (Å²) in [6.45, 7) is 1.79. The Morgan fingerprint density at radius 2 is 1.56 bits per heavy atom. The normalized spacial score (nSPS) is 21.8. The van der Waals surface area contributed by atoms with Gasteiger partial charge in [-0.05, 0) is 67.6 Å². The summed E-state index contributed by atoms with van der Waals surface area (Å²) >= 11 is 0. The smallest absolute Gasteiger partial charge is 0.224 e. The van der Waals surface area contributed by atoms with Gasteiger partial charge in [0.2, 0.25) is 11.8 Å². The van der Waals surface area contributed by atoms with E-state index in [2.05, 4.69) is 15.5 Å². The molecule has 0 aromatic heterocycles. The van der Waals surface area contributed by atoms with Gasteiger partial charge in [-0.15, -0.1) is 0 Å². The summed E-state index contributed by atoms with van der Waals surface area (Å²) < 4.78 is 12.9. The molecule has 10 heteroatoms. The maximum Gasteiger partial charge on any atom is 0.224 e. The Hall–Kier alpha value is -3.80. The van der Waals surface area contributed by atoms with Crippen LogP contribution in [0.25, 0.3) is 0 Å². The third-order valence-corrected chi connectivity index (χ3v) is 8.52. The number of rotatable bonds is 13. The van der Waals surface area contributed by atoms with Crippen LogP contribution in [-0.2, 0) is 25.7 Å². The fraction of sp³-hybridized carbons (Fsp3) is 0.429. The van der Waals surface area contributed by atoms with Crippen LogP contribution in [0.15, 0.2) is 72.8 Å². The first-order valence-corrected chi connectivity index (χ1v) is 15.8. The first-order chi connectivity index (χ1) is 21.9. The third kappa shape index (κ3) is 9.12. The van der Waals surface area contributed by atoms with E-state index < -0.39 is 6.29 Å². The number of para-hydroxylation sites is 2. The van der Waals surface area contributed by atoms with Crippen LogP contribution in [0, 0.1) is 0 Å². The second-order valence-corrected chi connectivity index (χ2v) is 11.8. The van der Waals surface area contributed by atoms with E-state index >= 15 is 0 Å². The molecule has 0 bridgehead atoms. The number of hydrogen-bond acceptors (Lipinski definition) is 8. The number of nitrogens with one attached hydrogen (secondary N) is 2. The lowest BCUT2D eigenvalue weighted by Crippen LogP contribution is -2.42. The van der Waals surface area contributed by atoms with Gasteiger partial charge in [-0.25, -0.2) is 0 Å². The number of carbonyl (C=O) groups excluding carboxylic acids is 2. The zero-order chi connectivity index (χ0) is 31.6. The van der Waals surface area contributed by atoms with E-state index in [1.54, 1.807) is 12.1 Å². The summed E-state index contributed by atoms with van der Waals surface area (Å²) in [4.78, 5) is 27.1. The number of hydrogen-bond donors (Lipinski definition) is 5. The van der Waals surface area contributed by atoms with E-state index in [1.807, 2.05) is 60.7 Å². The lowest BCUT2D eigenvalue weighted by molar-refractivity contribution is -0.253. The number of aliphatic hydroxyl groups is 2. The largest absolute Gasteiger partial charge is 0.397 e. The van der Waals surface area contributed by atoms with E-state index in [4.69, 9.17) is 15.2 Å². The van der Waals surface area contributed by atoms with Gasteiger partial charge in [0.15, 0.2) is 6.29 Å². The molecular formula is C35H44N4O6. The third-order valence-electron chi connectivity index (χ3n) is 8.52. The molecule has 0 saturated carbocycles. The molecule has 5 rings (SSSR count). The van der Waals surface area contributed by atoms with Crippen LogP contribution < -0.4 is 16.4 Å². The topological polar surface area (TPSA) is 146 Å². The van der Waals surface area contributed by atoms with Crippen molar-refractivity contribution in [2.45, 2.75) is 76.1 Å². The lowest BCUT2D eigenvalue weighted by atomic mass is 9.99. The maximum absolute atomic E-state index is 12.6. The van der Waals surface area contributed by atoms with Crippen LogP contribution in [0.1, 0.15) is 74.0 Å². The number of benzene rings is 3. The van der Waals surface area contributed by atoms with Crippen molar-refractivity contribution < 1.29 is 29.3 Å². The monoisotopic (exact) mass is 616 g/mol. The predicted molar refractivity (Wildman–Crippen MR) is 173 cm³/mol. The first-order valence-electron chi connectivity index (χ1n) is 15.8. The zero-order valence-electron chi connectivity index (χ0n) is 25.6. The number of ether oxygens (including phenoxy) is 2. The van der Waals surface area contributed by atoms with Gasteiger partial charge in [-0.1, -0.05) is 48.5 Å². The molecule has 6 N–H and O–H groups in total. The molecule has 3 aromatic rings. The molecule has 0 radical (unpaired) electrons. The van der Waals surface area contributed by atoms with Gasteiger partial charge in [0.25, 0.3) is 0 Å². The predicted octanol–water partition coefficient (Wildman–Crippen LogP) is 4.90. The molecule has 4 unspecified atom stereocenters. The number of anilines is 3. The van der Waals surface area contributed by atoms with Crippen molar-refractivity contribution >= 4 is 28.9 Å². The van der Waals surface area contributed by atoms with Gasteiger partial charge in [-0.3, -0.25) is 14.5 Å². The van der Waals surface area contributed by atoms with Crippen LogP contribution >= 0.6 is 0 Å². The van der Waals surface area contributed by atoms with Crippen molar-refractivity contribution in [2.24, 2.45) is 0 Å². The molecule has 2 fully saturated rings. The molecule has 0 aliphatic carbocycles. The van der Waals surface area contributed by atoms with Crippen LogP contribution in [0.5, 0.6) is 0 Å². The fourth-order valence-electron chi connectivity index (χ4n) is 5.98. The number of amides is 2. The summed E-state index contributed by atoms with van der Waals surface area (Å²) in [6.07, 6.45) is 3.64. The fourth-order valence-corrected chi connectivity index (χ4v) is 5.98. The van der Waals surface area contributed by atoms with Crippen molar-refractivity contribution in [3.05, 3.63) is 89.5 Å². The Bertz CT molecular complexity index is 1400. The molecule has 0 spiro atoms. The summed E-state index contributed by atoms with van der Waals surface area (Å²) in [5.74, 6) is -0.243. The molecule has 2 saturated heterocycles. The van der Waals surface area contributed by atoms with Crippen molar-refractivity contribution in [2.75, 3.05) is 36.1 Å². The lowest BCUT2D eigenvalue weighted by Gasteiger charge is -2.38. The average molecular weight is 617 g/mol. The van der Waals surface area contributed by atoms with Crippen LogP contribution in [-0.4, -0.2) is 58.8 Å². The Labute approximate surface area is 264 Å². The highest BCUT2D eigenvalue weighted by Gasteiger charge is 2.35. The van der Waals surface area contributed by atoms with E-state index in [-0.39, 0.29) is 43.3 Å². The Morgan fingerprint density at radius 3 is 2.24 bits per heavy atom. The van der Waals surface area contributed by atoms with Gasteiger partial charge in [-0.2, -0.15) is 0 Å². The minimum Gasteiger partial charge on any atom is -0.397 e. The molecule has 45 heavy (non-hydrogen) atoms. The quantitative estimate of drug-likeness (QED) is 0.135. The van der Waals surface area contributed by atoms with Gasteiger partial charge >= 0.3 is 0 Å². The number of aliphatic hydroxyl groups excluding tert-OH is 2. The summed E-state index contributed by atoms with van der Waals surface area (Å²) in [5.41, 5.74) is 10.4. The minimum absolute atomic E-state index is 0.0115. The highest BCUT2D eigenvalue weighted by molar-refractivity contribution is 5.94. The van der Waals surface area contributed by atoms with E-state index in [9.17, 15) is 19.8 Å². The second-order valence-electron chi connectivity index (χ2n) is 11.8. The van der Waals surface area contributed by atoms with Crippen molar-refractivity contribution in [3.63, 3.8) is 0 Å². The molecule has 10 nitrogen and oxygen atoms in total. The standard InChI is InChI=1S/C35H44N4O6/c36-30-7-1-2-8-31(30)38-34(43)10-4-3-9-33(42)37-27-17-15-26(16-18-27)35-44-29(21-39-19-5-6-28(39)23-41)20-32(45-35)25-13-11-24(22-40)12-14-25/h1-2,7-8,11-18,28-29,32,35,40-41H,3-6,9-10,19-23,36H2,(H,37,42)(H,38,43). The van der Waals surface area contributed by atoms with E-state index in [0.717, 1.165) is 36.1 Å². The maximum atomic E-state index is 12.6. The Morgan fingerprint density at radius 1 is 0.867 bits per heavy atom. The van der Waals surface area contributed by atoms with Gasteiger partial charge in [0.05, 0.1) is 36.8 Å². The van der Waals surface area contributed by atoms with Gasteiger partial charge in [0, 0.05) is 43.1 Å². The first kappa shape index (κ1) is 32.6.